The summed E-state index contributed by atoms with van der Waals surface area (Å²) < 4.78 is 0. The van der Waals surface area contributed by atoms with Gasteiger partial charge in [-0.05, 0) is 88.6 Å². The number of piperazine rings is 1. The number of carbonyl (C=O) groups excluding carboxylic acids is 2. The van der Waals surface area contributed by atoms with Crippen LogP contribution < -0.4 is 5.32 Å². The quantitative estimate of drug-likeness (QED) is 0.624. The molecule has 4 unspecified atom stereocenters. The summed E-state index contributed by atoms with van der Waals surface area (Å²) in [7, 11) is 0. The fourth-order valence-electron chi connectivity index (χ4n) is 6.12. The third kappa shape index (κ3) is 4.64. The molecule has 1 aromatic rings. The summed E-state index contributed by atoms with van der Waals surface area (Å²) in [6.45, 7) is 5.19. The molecule has 4 fully saturated rings. The van der Waals surface area contributed by atoms with Gasteiger partial charge in [0.05, 0.1) is 16.1 Å². The van der Waals surface area contributed by atoms with Crippen molar-refractivity contribution in [3.05, 3.63) is 28.2 Å². The molecule has 0 aromatic heterocycles. The zero-order valence-corrected chi connectivity index (χ0v) is 21.2. The summed E-state index contributed by atoms with van der Waals surface area (Å²) in [6, 6.07) is 4.46. The molecule has 3 amide bonds. The Hall–Kier alpha value is -1.54. The lowest BCUT2D eigenvalue weighted by Gasteiger charge is -2.43. The maximum atomic E-state index is 13.3. The number of aliphatic hydroxyl groups excluding tert-OH is 1. The third-order valence-corrected chi connectivity index (χ3v) is 9.25. The predicted octanol–water partition coefficient (Wildman–Crippen LogP) is 4.22. The maximum Gasteiger partial charge on any atom is 0.322 e. The van der Waals surface area contributed by atoms with Crippen LogP contribution in [0.3, 0.4) is 0 Å². The van der Waals surface area contributed by atoms with E-state index in [4.69, 9.17) is 23.2 Å². The van der Waals surface area contributed by atoms with E-state index in [1.165, 1.54) is 12.8 Å². The van der Waals surface area contributed by atoms with Gasteiger partial charge in [0.15, 0.2) is 0 Å². The Kier molecular flexibility index (Phi) is 6.75. The number of carbonyl (C=O) groups is 2. The molecule has 9 heteroatoms. The van der Waals surface area contributed by atoms with Crippen molar-refractivity contribution in [3.63, 3.8) is 0 Å². The van der Waals surface area contributed by atoms with Crippen molar-refractivity contribution in [2.75, 3.05) is 31.5 Å². The van der Waals surface area contributed by atoms with Crippen molar-refractivity contribution < 1.29 is 14.7 Å². The fourth-order valence-corrected chi connectivity index (χ4v) is 6.42. The molecule has 186 valence electrons. The van der Waals surface area contributed by atoms with Crippen molar-refractivity contribution in [1.82, 2.24) is 14.7 Å². The van der Waals surface area contributed by atoms with E-state index in [0.29, 0.717) is 22.3 Å². The minimum atomic E-state index is -0.508. The van der Waals surface area contributed by atoms with E-state index in [0.717, 1.165) is 51.7 Å². The summed E-state index contributed by atoms with van der Waals surface area (Å²) >= 11 is 12.0. The fraction of sp³-hybridized carbons (Fsp3) is 0.680. The van der Waals surface area contributed by atoms with Crippen LogP contribution in [0.25, 0.3) is 0 Å². The summed E-state index contributed by atoms with van der Waals surface area (Å²) in [5.41, 5.74) is 0.796. The third-order valence-electron chi connectivity index (χ3n) is 8.51. The second kappa shape index (κ2) is 9.49. The van der Waals surface area contributed by atoms with Crippen LogP contribution in [0.2, 0.25) is 10.0 Å². The highest BCUT2D eigenvalue weighted by atomic mass is 35.5. The second-order valence-electron chi connectivity index (χ2n) is 10.6. The van der Waals surface area contributed by atoms with Crippen molar-refractivity contribution >= 4 is 40.8 Å². The van der Waals surface area contributed by atoms with Gasteiger partial charge in [-0.2, -0.15) is 0 Å². The molecule has 1 spiro atoms. The number of fused-ring (bicyclic) bond motifs is 1. The van der Waals surface area contributed by atoms with Gasteiger partial charge >= 0.3 is 6.03 Å². The first-order chi connectivity index (χ1) is 16.3. The molecular weight excluding hydrogens is 475 g/mol. The molecule has 2 N–H and O–H groups in total. The number of hydrogen-bond donors (Lipinski definition) is 2. The standard InChI is InChI=1S/C25H34Cl2N4O3/c1-16-23(33)31-18(3-2-11-29-12-10-25(8-9-25)22(32)15-29)5-6-19(31)14-30(16)24(34)28-17-4-7-20(26)21(27)13-17/h4,7,13,16,18-19,22,32H,2-3,5-6,8-12,14-15H2,1H3,(H,28,34). The lowest BCUT2D eigenvalue weighted by atomic mass is 9.90. The van der Waals surface area contributed by atoms with Gasteiger partial charge in [0, 0.05) is 30.9 Å². The molecule has 0 radical (unpaired) electrons. The summed E-state index contributed by atoms with van der Waals surface area (Å²) in [4.78, 5) is 32.3. The molecule has 1 aliphatic carbocycles. The first-order valence-corrected chi connectivity index (χ1v) is 13.3. The number of hydrogen-bond acceptors (Lipinski definition) is 4. The van der Waals surface area contributed by atoms with Crippen LogP contribution in [0.1, 0.15) is 51.9 Å². The van der Waals surface area contributed by atoms with Crippen LogP contribution in [-0.4, -0.2) is 82.2 Å². The highest BCUT2D eigenvalue weighted by molar-refractivity contribution is 6.42. The van der Waals surface area contributed by atoms with Crippen LogP contribution in [0.4, 0.5) is 10.5 Å². The monoisotopic (exact) mass is 508 g/mol. The molecule has 4 aliphatic rings. The Morgan fingerprint density at radius 3 is 2.68 bits per heavy atom. The molecule has 34 heavy (non-hydrogen) atoms. The number of halogens is 2. The van der Waals surface area contributed by atoms with Crippen LogP contribution in [-0.2, 0) is 4.79 Å². The zero-order chi connectivity index (χ0) is 24.0. The molecule has 0 bridgehead atoms. The first kappa shape index (κ1) is 24.2. The number of benzene rings is 1. The number of aliphatic hydroxyl groups is 1. The van der Waals surface area contributed by atoms with Gasteiger partial charge < -0.3 is 25.1 Å². The number of likely N-dealkylation sites (tertiary alicyclic amines) is 1. The maximum absolute atomic E-state index is 13.3. The molecule has 3 heterocycles. The summed E-state index contributed by atoms with van der Waals surface area (Å²) in [6.07, 6.45) is 7.21. The summed E-state index contributed by atoms with van der Waals surface area (Å²) in [5.74, 6) is 0.0344. The van der Waals surface area contributed by atoms with E-state index < -0.39 is 6.04 Å². The van der Waals surface area contributed by atoms with Crippen molar-refractivity contribution in [2.45, 2.75) is 76.1 Å². The minimum absolute atomic E-state index is 0.0344. The minimum Gasteiger partial charge on any atom is -0.391 e. The van der Waals surface area contributed by atoms with Gasteiger partial charge in [0.25, 0.3) is 0 Å². The van der Waals surface area contributed by atoms with Crippen LogP contribution in [0, 0.1) is 5.41 Å². The number of rotatable bonds is 5. The van der Waals surface area contributed by atoms with Gasteiger partial charge in [-0.3, -0.25) is 4.79 Å². The lowest BCUT2D eigenvalue weighted by Crippen LogP contribution is -2.62. The highest BCUT2D eigenvalue weighted by Gasteiger charge is 2.51. The molecule has 4 atom stereocenters. The van der Waals surface area contributed by atoms with Gasteiger partial charge in [-0.1, -0.05) is 23.2 Å². The Balaban J connectivity index is 1.13. The van der Waals surface area contributed by atoms with Gasteiger partial charge in [-0.25, -0.2) is 4.79 Å². The van der Waals surface area contributed by atoms with Gasteiger partial charge in [0.1, 0.15) is 6.04 Å². The molecule has 5 rings (SSSR count). The summed E-state index contributed by atoms with van der Waals surface area (Å²) in [5, 5.41) is 14.1. The van der Waals surface area contributed by atoms with Gasteiger partial charge in [-0.15, -0.1) is 0 Å². The molecule has 1 saturated carbocycles. The van der Waals surface area contributed by atoms with E-state index in [-0.39, 0.29) is 35.5 Å². The molecule has 1 aromatic carbocycles. The Morgan fingerprint density at radius 1 is 1.18 bits per heavy atom. The van der Waals surface area contributed by atoms with Crippen molar-refractivity contribution in [1.29, 1.82) is 0 Å². The predicted molar refractivity (Wildman–Crippen MR) is 133 cm³/mol. The number of β-amino-alcohol motifs (C(OH)–C–C–N with tert-alkyl or cyclic N) is 1. The molecular formula is C25H34Cl2N4O3. The highest BCUT2D eigenvalue weighted by Crippen LogP contribution is 2.53. The van der Waals surface area contributed by atoms with E-state index in [9.17, 15) is 14.7 Å². The lowest BCUT2D eigenvalue weighted by molar-refractivity contribution is -0.143. The van der Waals surface area contributed by atoms with E-state index >= 15 is 0 Å². The number of piperidine rings is 1. The van der Waals surface area contributed by atoms with E-state index in [1.54, 1.807) is 23.1 Å². The Labute approximate surface area is 211 Å². The average Bonchev–Trinajstić information content (AvgIpc) is 3.48. The number of nitrogens with one attached hydrogen (secondary N) is 1. The molecule has 3 saturated heterocycles. The normalized spacial score (nSPS) is 30.5. The largest absolute Gasteiger partial charge is 0.391 e. The van der Waals surface area contributed by atoms with Crippen LogP contribution in [0.15, 0.2) is 18.2 Å². The SMILES string of the molecule is CC1C(=O)N2C(CCCN3CCC4(CC4)C(O)C3)CCC2CN1C(=O)Nc1ccc(Cl)c(Cl)c1. The number of urea groups is 1. The number of anilines is 1. The molecule has 3 aliphatic heterocycles. The number of amides is 3. The Morgan fingerprint density at radius 2 is 1.97 bits per heavy atom. The molecule has 7 nitrogen and oxygen atoms in total. The topological polar surface area (TPSA) is 76.1 Å². The zero-order valence-electron chi connectivity index (χ0n) is 19.7. The van der Waals surface area contributed by atoms with Crippen molar-refractivity contribution in [2.24, 2.45) is 5.41 Å². The second-order valence-corrected chi connectivity index (χ2v) is 11.4. The van der Waals surface area contributed by atoms with E-state index in [2.05, 4.69) is 15.1 Å². The first-order valence-electron chi connectivity index (χ1n) is 12.5. The van der Waals surface area contributed by atoms with E-state index in [1.807, 2.05) is 6.92 Å². The smallest absolute Gasteiger partial charge is 0.322 e. The van der Waals surface area contributed by atoms with Gasteiger partial charge in [0.2, 0.25) is 5.91 Å². The Bertz CT molecular complexity index is 956. The van der Waals surface area contributed by atoms with Crippen LogP contribution in [0.5, 0.6) is 0 Å². The van der Waals surface area contributed by atoms with Crippen LogP contribution >= 0.6 is 23.2 Å². The number of nitrogens with zero attached hydrogens (tertiary/aromatic N) is 3. The van der Waals surface area contributed by atoms with Crippen molar-refractivity contribution in [3.8, 4) is 0 Å². The average molecular weight is 509 g/mol.